The van der Waals surface area contributed by atoms with Crippen molar-refractivity contribution in [3.05, 3.63) is 59.7 Å². The van der Waals surface area contributed by atoms with Crippen LogP contribution in [0.5, 0.6) is 11.5 Å². The molecule has 4 rings (SSSR count). The van der Waals surface area contributed by atoms with Crippen LogP contribution < -0.4 is 20.1 Å². The smallest absolute Gasteiger partial charge is 0.243 e. The molecular formula is C23H29IN4O3. The van der Waals surface area contributed by atoms with Gasteiger partial charge in [0.05, 0.1) is 19.2 Å². The molecule has 0 spiro atoms. The van der Waals surface area contributed by atoms with E-state index >= 15 is 0 Å². The molecule has 2 aliphatic heterocycles. The average molecular weight is 536 g/mol. The van der Waals surface area contributed by atoms with Gasteiger partial charge >= 0.3 is 0 Å². The van der Waals surface area contributed by atoms with Crippen LogP contribution in [0.3, 0.4) is 0 Å². The van der Waals surface area contributed by atoms with E-state index in [4.69, 9.17) is 9.47 Å². The number of hydrogen-bond acceptors (Lipinski definition) is 4. The second-order valence-electron chi connectivity index (χ2n) is 7.76. The van der Waals surface area contributed by atoms with E-state index in [-0.39, 0.29) is 48.6 Å². The molecule has 0 bridgehead atoms. The molecule has 7 nitrogen and oxygen atoms in total. The Balaban J connectivity index is 0.00000272. The number of amides is 1. The number of halogens is 1. The van der Waals surface area contributed by atoms with E-state index < -0.39 is 0 Å². The third kappa shape index (κ3) is 5.81. The summed E-state index contributed by atoms with van der Waals surface area (Å²) in [6.07, 6.45) is 1.71. The molecule has 2 N–H and O–H groups in total. The van der Waals surface area contributed by atoms with Crippen LogP contribution in [-0.2, 0) is 11.2 Å². The van der Waals surface area contributed by atoms with Crippen molar-refractivity contribution in [2.45, 2.75) is 25.0 Å². The molecule has 0 saturated heterocycles. The lowest BCUT2D eigenvalue weighted by atomic mass is 10.0. The highest BCUT2D eigenvalue weighted by atomic mass is 127. The Kier molecular flexibility index (Phi) is 8.00. The van der Waals surface area contributed by atoms with Crippen molar-refractivity contribution in [2.24, 2.45) is 4.99 Å². The molecule has 0 radical (unpaired) electrons. The van der Waals surface area contributed by atoms with Crippen LogP contribution in [0.25, 0.3) is 0 Å². The molecule has 2 aromatic carbocycles. The van der Waals surface area contributed by atoms with Crippen molar-refractivity contribution >= 4 is 35.8 Å². The lowest BCUT2D eigenvalue weighted by Gasteiger charge is -2.28. The van der Waals surface area contributed by atoms with Crippen molar-refractivity contribution in [3.8, 4) is 11.5 Å². The van der Waals surface area contributed by atoms with Gasteiger partial charge in [-0.15, -0.1) is 24.0 Å². The number of carbonyl (C=O) groups excluding carboxylic acids is 1. The summed E-state index contributed by atoms with van der Waals surface area (Å²) in [6, 6.07) is 16.2. The minimum absolute atomic E-state index is 0. The number of nitrogens with one attached hydrogen (secondary N) is 2. The molecular weight excluding hydrogens is 507 g/mol. The zero-order valence-electron chi connectivity index (χ0n) is 17.8. The minimum atomic E-state index is -0.0481. The van der Waals surface area contributed by atoms with Gasteiger partial charge in [-0.2, -0.15) is 0 Å². The Morgan fingerprint density at radius 1 is 1.13 bits per heavy atom. The fraction of sp³-hybridized carbons (Fsp3) is 0.391. The number of para-hydroxylation sites is 2. The lowest BCUT2D eigenvalue weighted by molar-refractivity contribution is -0.127. The maximum atomic E-state index is 12.1. The first-order chi connectivity index (χ1) is 14.6. The zero-order valence-corrected chi connectivity index (χ0v) is 20.2. The molecule has 8 heteroatoms. The third-order valence-corrected chi connectivity index (χ3v) is 5.35. The fourth-order valence-electron chi connectivity index (χ4n) is 3.68. The number of aliphatic imine (C=N–C) groups is 1. The number of guanidine groups is 1. The second-order valence-corrected chi connectivity index (χ2v) is 7.76. The highest BCUT2D eigenvalue weighted by Crippen LogP contribution is 2.31. The summed E-state index contributed by atoms with van der Waals surface area (Å²) < 4.78 is 11.8. The van der Waals surface area contributed by atoms with Crippen LogP contribution in [0.1, 0.15) is 23.6 Å². The number of benzene rings is 2. The van der Waals surface area contributed by atoms with Gasteiger partial charge in [-0.1, -0.05) is 36.4 Å². The van der Waals surface area contributed by atoms with E-state index in [9.17, 15) is 4.79 Å². The summed E-state index contributed by atoms with van der Waals surface area (Å²) in [5.41, 5.74) is 2.32. The van der Waals surface area contributed by atoms with Crippen LogP contribution in [0.15, 0.2) is 53.5 Å². The third-order valence-electron chi connectivity index (χ3n) is 5.35. The van der Waals surface area contributed by atoms with Gasteiger partial charge < -0.3 is 25.0 Å². The molecule has 0 saturated carbocycles. The number of fused-ring (bicyclic) bond motifs is 2. The molecule has 2 aromatic rings. The van der Waals surface area contributed by atoms with Gasteiger partial charge in [-0.3, -0.25) is 4.79 Å². The number of hydrogen-bond donors (Lipinski definition) is 2. The number of likely N-dealkylation sites (N-methyl/N-ethyl adjacent to an activating group) is 1. The van der Waals surface area contributed by atoms with Crippen molar-refractivity contribution in [1.29, 1.82) is 0 Å². The van der Waals surface area contributed by atoms with Crippen molar-refractivity contribution in [3.63, 3.8) is 0 Å². The van der Waals surface area contributed by atoms with E-state index in [2.05, 4.69) is 27.8 Å². The largest absolute Gasteiger partial charge is 0.493 e. The van der Waals surface area contributed by atoms with Gasteiger partial charge in [0.2, 0.25) is 5.91 Å². The van der Waals surface area contributed by atoms with Crippen LogP contribution in [0.2, 0.25) is 0 Å². The molecule has 166 valence electrons. The quantitative estimate of drug-likeness (QED) is 0.350. The standard InChI is InChI=1S/C23H28N4O3.HI/c1-27(2)22(28)15-25-23(24-14-17-13-16-7-3-5-9-20(16)30-17)26-19-11-12-29-21-10-6-4-8-18(19)21;/h3-10,17,19H,11-15H2,1-2H3,(H2,24,25,26);1H. The molecule has 2 heterocycles. The van der Waals surface area contributed by atoms with Gasteiger partial charge in [-0.25, -0.2) is 4.99 Å². The first-order valence-electron chi connectivity index (χ1n) is 10.3. The van der Waals surface area contributed by atoms with Crippen LogP contribution >= 0.6 is 24.0 Å². The molecule has 0 fully saturated rings. The Hall–Kier alpha value is -2.49. The summed E-state index contributed by atoms with van der Waals surface area (Å²) in [5, 5.41) is 6.86. The van der Waals surface area contributed by atoms with Gasteiger partial charge in [0.15, 0.2) is 5.96 Å². The number of nitrogens with zero attached hydrogens (tertiary/aromatic N) is 2. The zero-order chi connectivity index (χ0) is 20.9. The summed E-state index contributed by atoms with van der Waals surface area (Å²) in [5.74, 6) is 2.39. The fourth-order valence-corrected chi connectivity index (χ4v) is 3.68. The van der Waals surface area contributed by atoms with Gasteiger partial charge in [0.25, 0.3) is 0 Å². The van der Waals surface area contributed by atoms with Crippen LogP contribution in [-0.4, -0.2) is 56.7 Å². The van der Waals surface area contributed by atoms with Crippen molar-refractivity contribution in [1.82, 2.24) is 15.5 Å². The predicted octanol–water partition coefficient (Wildman–Crippen LogP) is 2.76. The molecule has 0 aromatic heterocycles. The topological polar surface area (TPSA) is 75.2 Å². The predicted molar refractivity (Wildman–Crippen MR) is 131 cm³/mol. The highest BCUT2D eigenvalue weighted by Gasteiger charge is 2.25. The summed E-state index contributed by atoms with van der Waals surface area (Å²) in [6.45, 7) is 1.32. The normalized spacial score (nSPS) is 19.1. The monoisotopic (exact) mass is 536 g/mol. The summed E-state index contributed by atoms with van der Waals surface area (Å²) >= 11 is 0. The molecule has 0 aliphatic carbocycles. The summed E-state index contributed by atoms with van der Waals surface area (Å²) in [4.78, 5) is 18.1. The Morgan fingerprint density at radius 2 is 1.87 bits per heavy atom. The second kappa shape index (κ2) is 10.7. The van der Waals surface area contributed by atoms with Gasteiger partial charge in [0.1, 0.15) is 24.1 Å². The molecule has 31 heavy (non-hydrogen) atoms. The van der Waals surface area contributed by atoms with Crippen molar-refractivity contribution in [2.75, 3.05) is 33.8 Å². The van der Waals surface area contributed by atoms with E-state index in [0.29, 0.717) is 19.1 Å². The molecule has 1 amide bonds. The van der Waals surface area contributed by atoms with E-state index in [1.54, 1.807) is 19.0 Å². The van der Waals surface area contributed by atoms with Crippen LogP contribution in [0.4, 0.5) is 0 Å². The van der Waals surface area contributed by atoms with Crippen LogP contribution in [0, 0.1) is 0 Å². The van der Waals surface area contributed by atoms with Crippen molar-refractivity contribution < 1.29 is 14.3 Å². The number of ether oxygens (including phenoxy) is 2. The van der Waals surface area contributed by atoms with Gasteiger partial charge in [-0.05, 0) is 17.7 Å². The minimum Gasteiger partial charge on any atom is -0.493 e. The average Bonchev–Trinajstić information content (AvgIpc) is 3.18. The number of rotatable bonds is 5. The molecule has 2 atom stereocenters. The Labute approximate surface area is 200 Å². The maximum absolute atomic E-state index is 12.1. The first-order valence-corrected chi connectivity index (χ1v) is 10.3. The molecule has 2 aliphatic rings. The lowest BCUT2D eigenvalue weighted by Crippen LogP contribution is -2.45. The first kappa shape index (κ1) is 23.2. The van der Waals surface area contributed by atoms with E-state index in [0.717, 1.165) is 29.9 Å². The van der Waals surface area contributed by atoms with Gasteiger partial charge in [0, 0.05) is 32.5 Å². The Morgan fingerprint density at radius 3 is 2.65 bits per heavy atom. The maximum Gasteiger partial charge on any atom is 0.243 e. The number of carbonyl (C=O) groups is 1. The Bertz CT molecular complexity index is 910. The highest BCUT2D eigenvalue weighted by molar-refractivity contribution is 14.0. The van der Waals surface area contributed by atoms with E-state index in [1.807, 2.05) is 36.4 Å². The summed E-state index contributed by atoms with van der Waals surface area (Å²) in [7, 11) is 3.47. The van der Waals surface area contributed by atoms with E-state index in [1.165, 1.54) is 5.56 Å². The molecule has 2 unspecified atom stereocenters. The SMILES string of the molecule is CN(C)C(=O)CN=C(NCC1Cc2ccccc2O1)NC1CCOc2ccccc21.I.